The number of carbonyl (C=O) groups excluding carboxylic acids is 1. The molecule has 1 unspecified atom stereocenters. The molecule has 0 aliphatic heterocycles. The van der Waals surface area contributed by atoms with E-state index >= 15 is 0 Å². The number of methoxy groups -OCH3 is 1. The topological polar surface area (TPSA) is 46.5 Å². The Bertz CT molecular complexity index is 253. The summed E-state index contributed by atoms with van der Waals surface area (Å²) >= 11 is 0. The van der Waals surface area contributed by atoms with E-state index in [2.05, 4.69) is 11.7 Å². The third-order valence-corrected chi connectivity index (χ3v) is 4.70. The molecule has 0 fully saturated rings. The molecular weight excluding hydrogens is 288 g/mol. The molecule has 1 N–H and O–H groups in total. The van der Waals surface area contributed by atoms with Crippen LogP contribution in [0.4, 0.5) is 0 Å². The molecule has 0 heterocycles. The minimum absolute atomic E-state index is 0.142. The highest BCUT2D eigenvalue weighted by molar-refractivity contribution is 5.68. The van der Waals surface area contributed by atoms with Crippen LogP contribution in [0.2, 0.25) is 0 Å². The van der Waals surface area contributed by atoms with Crippen molar-refractivity contribution in [2.24, 2.45) is 5.92 Å². The molecule has 0 rings (SSSR count). The summed E-state index contributed by atoms with van der Waals surface area (Å²) in [7, 11) is 1.43. The highest BCUT2D eigenvalue weighted by Crippen LogP contribution is 2.18. The first-order valence-corrected chi connectivity index (χ1v) is 9.92. The van der Waals surface area contributed by atoms with Gasteiger partial charge in [-0.15, -0.1) is 0 Å². The lowest BCUT2D eigenvalue weighted by Crippen LogP contribution is -2.08. The average molecular weight is 329 g/mol. The van der Waals surface area contributed by atoms with E-state index in [0.29, 0.717) is 12.3 Å². The molecule has 0 aliphatic rings. The molecule has 0 saturated heterocycles. The molecule has 0 radical (unpaired) electrons. The van der Waals surface area contributed by atoms with E-state index in [-0.39, 0.29) is 12.6 Å². The second-order valence-electron chi connectivity index (χ2n) is 6.84. The fraction of sp³-hybridized carbons (Fsp3) is 0.950. The number of carbonyl (C=O) groups is 1. The normalized spacial score (nSPS) is 12.3. The van der Waals surface area contributed by atoms with Gasteiger partial charge in [-0.1, -0.05) is 77.6 Å². The van der Waals surface area contributed by atoms with Crippen LogP contribution in [0.5, 0.6) is 0 Å². The molecule has 1 atom stereocenters. The Morgan fingerprint density at radius 1 is 0.826 bits per heavy atom. The first-order valence-electron chi connectivity index (χ1n) is 9.92. The number of rotatable bonds is 17. The van der Waals surface area contributed by atoms with Gasteiger partial charge in [0.05, 0.1) is 7.11 Å². The maximum Gasteiger partial charge on any atom is 0.305 e. The smallest absolute Gasteiger partial charge is 0.305 e. The number of hydrogen-bond donors (Lipinski definition) is 1. The van der Waals surface area contributed by atoms with Gasteiger partial charge >= 0.3 is 5.97 Å². The van der Waals surface area contributed by atoms with E-state index < -0.39 is 0 Å². The van der Waals surface area contributed by atoms with Crippen LogP contribution in [-0.2, 0) is 9.53 Å². The minimum Gasteiger partial charge on any atom is -0.469 e. The third-order valence-electron chi connectivity index (χ3n) is 4.70. The molecular formula is C20H40O3. The molecule has 23 heavy (non-hydrogen) atoms. The van der Waals surface area contributed by atoms with Crippen LogP contribution >= 0.6 is 0 Å². The lowest BCUT2D eigenvalue weighted by atomic mass is 9.95. The lowest BCUT2D eigenvalue weighted by Gasteiger charge is -2.13. The SMILES string of the molecule is CCCCCCCCCCCCCC(CO)CCCC(=O)OC. The Balaban J connectivity index is 3.32. The monoisotopic (exact) mass is 328 g/mol. The summed E-state index contributed by atoms with van der Waals surface area (Å²) in [5.41, 5.74) is 0. The predicted octanol–water partition coefficient (Wildman–Crippen LogP) is 5.64. The van der Waals surface area contributed by atoms with Gasteiger partial charge in [0, 0.05) is 13.0 Å². The number of aliphatic hydroxyl groups is 1. The van der Waals surface area contributed by atoms with E-state index in [4.69, 9.17) is 0 Å². The van der Waals surface area contributed by atoms with Crippen LogP contribution in [0.15, 0.2) is 0 Å². The summed E-state index contributed by atoms with van der Waals surface area (Å²) in [5.74, 6) is 0.217. The molecule has 0 bridgehead atoms. The minimum atomic E-state index is -0.142. The highest BCUT2D eigenvalue weighted by Gasteiger charge is 2.09. The first-order chi connectivity index (χ1) is 11.2. The second-order valence-corrected chi connectivity index (χ2v) is 6.84. The molecule has 0 aliphatic carbocycles. The standard InChI is InChI=1S/C20H40O3/c1-3-4-5-6-7-8-9-10-11-12-13-15-19(18-21)16-14-17-20(22)23-2/h19,21H,3-18H2,1-2H3. The zero-order chi connectivity index (χ0) is 17.2. The average Bonchev–Trinajstić information content (AvgIpc) is 2.57. The van der Waals surface area contributed by atoms with Crippen molar-refractivity contribution in [2.45, 2.75) is 103 Å². The van der Waals surface area contributed by atoms with Crippen LogP contribution in [-0.4, -0.2) is 24.8 Å². The quantitative estimate of drug-likeness (QED) is 0.278. The van der Waals surface area contributed by atoms with Crippen LogP contribution < -0.4 is 0 Å². The fourth-order valence-electron chi connectivity index (χ4n) is 3.06. The van der Waals surface area contributed by atoms with Gasteiger partial charge in [0.2, 0.25) is 0 Å². The molecule has 0 aromatic carbocycles. The number of esters is 1. The first kappa shape index (κ1) is 22.4. The van der Waals surface area contributed by atoms with Gasteiger partial charge in [-0.2, -0.15) is 0 Å². The largest absolute Gasteiger partial charge is 0.469 e. The molecule has 0 amide bonds. The van der Waals surface area contributed by atoms with Crippen molar-refractivity contribution in [3.05, 3.63) is 0 Å². The van der Waals surface area contributed by atoms with Gasteiger partial charge < -0.3 is 9.84 Å². The Kier molecular flexibility index (Phi) is 17.3. The maximum absolute atomic E-state index is 11.1. The van der Waals surface area contributed by atoms with Crippen molar-refractivity contribution in [1.82, 2.24) is 0 Å². The van der Waals surface area contributed by atoms with E-state index in [1.807, 2.05) is 0 Å². The van der Waals surface area contributed by atoms with Crippen LogP contribution in [0, 0.1) is 5.92 Å². The molecule has 0 saturated carbocycles. The van der Waals surface area contributed by atoms with Crippen molar-refractivity contribution in [1.29, 1.82) is 0 Å². The predicted molar refractivity (Wildman–Crippen MR) is 97.5 cm³/mol. The molecule has 0 aromatic heterocycles. The molecule has 0 aromatic rings. The molecule has 138 valence electrons. The van der Waals surface area contributed by atoms with Crippen LogP contribution in [0.25, 0.3) is 0 Å². The summed E-state index contributed by atoms with van der Waals surface area (Å²) in [6, 6.07) is 0. The number of ether oxygens (including phenoxy) is 1. The molecule has 3 heteroatoms. The van der Waals surface area contributed by atoms with Gasteiger partial charge in [-0.05, 0) is 25.2 Å². The Morgan fingerprint density at radius 2 is 1.30 bits per heavy atom. The zero-order valence-electron chi connectivity index (χ0n) is 15.7. The zero-order valence-corrected chi connectivity index (χ0v) is 15.7. The highest BCUT2D eigenvalue weighted by atomic mass is 16.5. The maximum atomic E-state index is 11.1. The van der Waals surface area contributed by atoms with Gasteiger partial charge in [0.25, 0.3) is 0 Å². The van der Waals surface area contributed by atoms with Gasteiger partial charge in [0.1, 0.15) is 0 Å². The number of unbranched alkanes of at least 4 members (excludes halogenated alkanes) is 10. The van der Waals surface area contributed by atoms with Gasteiger partial charge in [-0.25, -0.2) is 0 Å². The van der Waals surface area contributed by atoms with Gasteiger partial charge in [0.15, 0.2) is 0 Å². The number of hydrogen-bond acceptors (Lipinski definition) is 3. The van der Waals surface area contributed by atoms with Crippen molar-refractivity contribution in [2.75, 3.05) is 13.7 Å². The summed E-state index contributed by atoms with van der Waals surface area (Å²) in [5, 5.41) is 9.39. The third kappa shape index (κ3) is 16.1. The van der Waals surface area contributed by atoms with Crippen LogP contribution in [0.3, 0.4) is 0 Å². The van der Waals surface area contributed by atoms with E-state index in [1.54, 1.807) is 0 Å². The lowest BCUT2D eigenvalue weighted by molar-refractivity contribution is -0.140. The van der Waals surface area contributed by atoms with Crippen LogP contribution in [0.1, 0.15) is 103 Å². The Labute approximate surface area is 144 Å². The summed E-state index contributed by atoms with van der Waals surface area (Å²) < 4.78 is 4.64. The Hall–Kier alpha value is -0.570. The Morgan fingerprint density at radius 3 is 1.78 bits per heavy atom. The van der Waals surface area contributed by atoms with Crippen molar-refractivity contribution in [3.63, 3.8) is 0 Å². The molecule has 0 spiro atoms. The van der Waals surface area contributed by atoms with Gasteiger partial charge in [-0.3, -0.25) is 4.79 Å². The molecule has 3 nitrogen and oxygen atoms in total. The summed E-state index contributed by atoms with van der Waals surface area (Å²) in [6.45, 7) is 2.51. The second kappa shape index (κ2) is 17.8. The fourth-order valence-corrected chi connectivity index (χ4v) is 3.06. The van der Waals surface area contributed by atoms with Crippen molar-refractivity contribution in [3.8, 4) is 0 Å². The van der Waals surface area contributed by atoms with Crippen molar-refractivity contribution < 1.29 is 14.6 Å². The van der Waals surface area contributed by atoms with Crippen molar-refractivity contribution >= 4 is 5.97 Å². The van der Waals surface area contributed by atoms with E-state index in [0.717, 1.165) is 19.3 Å². The van der Waals surface area contributed by atoms with E-state index in [9.17, 15) is 9.90 Å². The van der Waals surface area contributed by atoms with E-state index in [1.165, 1.54) is 77.7 Å². The number of aliphatic hydroxyl groups excluding tert-OH is 1. The summed E-state index contributed by atoms with van der Waals surface area (Å²) in [6.07, 6.45) is 18.3. The summed E-state index contributed by atoms with van der Waals surface area (Å²) in [4.78, 5) is 11.1.